The van der Waals surface area contributed by atoms with Gasteiger partial charge in [0.25, 0.3) is 17.7 Å². The third kappa shape index (κ3) is 3.94. The molecular formula is C22H19Cl3N2O3. The first-order chi connectivity index (χ1) is 14.4. The first-order valence-corrected chi connectivity index (χ1v) is 10.9. The minimum absolute atomic E-state index is 0.00920. The molecule has 5 nitrogen and oxygen atoms in total. The lowest BCUT2D eigenvalue weighted by molar-refractivity contribution is -0.155. The first kappa shape index (κ1) is 21.2. The smallest absolute Gasteiger partial charge is 0.272 e. The predicted molar refractivity (Wildman–Crippen MR) is 115 cm³/mol. The van der Waals surface area contributed by atoms with Gasteiger partial charge < -0.3 is 0 Å². The Balaban J connectivity index is 1.71. The predicted octanol–water partition coefficient (Wildman–Crippen LogP) is 5.38. The van der Waals surface area contributed by atoms with Crippen molar-refractivity contribution in [2.24, 2.45) is 11.8 Å². The average molecular weight is 466 g/mol. The number of hydrazine groups is 1. The topological polar surface area (TPSA) is 57.7 Å². The molecule has 0 unspecified atom stereocenters. The summed E-state index contributed by atoms with van der Waals surface area (Å²) in [5.41, 5.74) is 0.983. The third-order valence-electron chi connectivity index (χ3n) is 5.70. The average Bonchev–Trinajstić information content (AvgIpc) is 2.99. The van der Waals surface area contributed by atoms with Crippen molar-refractivity contribution in [3.8, 4) is 0 Å². The van der Waals surface area contributed by atoms with E-state index in [4.69, 9.17) is 34.8 Å². The molecule has 0 N–H and O–H groups in total. The van der Waals surface area contributed by atoms with Crippen molar-refractivity contribution >= 4 is 52.5 Å². The van der Waals surface area contributed by atoms with Gasteiger partial charge in [-0.3, -0.25) is 14.4 Å². The van der Waals surface area contributed by atoms with Crippen LogP contribution in [0.2, 0.25) is 15.1 Å². The maximum absolute atomic E-state index is 13.4. The van der Waals surface area contributed by atoms with Crippen molar-refractivity contribution in [3.63, 3.8) is 0 Å². The van der Waals surface area contributed by atoms with Crippen LogP contribution in [0.3, 0.4) is 0 Å². The summed E-state index contributed by atoms with van der Waals surface area (Å²) < 4.78 is 0. The molecule has 0 radical (unpaired) electrons. The molecule has 4 rings (SSSR count). The molecule has 8 heteroatoms. The highest BCUT2D eigenvalue weighted by molar-refractivity contribution is 6.42. The van der Waals surface area contributed by atoms with Crippen LogP contribution >= 0.6 is 34.8 Å². The molecule has 1 heterocycles. The molecule has 0 spiro atoms. The highest BCUT2D eigenvalue weighted by Crippen LogP contribution is 2.39. The van der Waals surface area contributed by atoms with E-state index in [0.717, 1.165) is 17.9 Å². The largest absolute Gasteiger partial charge is 0.273 e. The second-order valence-corrected chi connectivity index (χ2v) is 8.85. The second-order valence-electron chi connectivity index (χ2n) is 7.60. The van der Waals surface area contributed by atoms with Crippen molar-refractivity contribution in [1.29, 1.82) is 0 Å². The summed E-state index contributed by atoms with van der Waals surface area (Å²) in [7, 11) is 0. The number of halogens is 3. The van der Waals surface area contributed by atoms with Crippen LogP contribution in [0.25, 0.3) is 0 Å². The number of carbonyl (C=O) groups excluding carboxylic acids is 3. The number of fused-ring (bicyclic) bond motifs is 1. The van der Waals surface area contributed by atoms with E-state index in [2.05, 4.69) is 0 Å². The molecule has 2 aliphatic rings. The molecule has 1 aliphatic heterocycles. The molecule has 1 saturated carbocycles. The van der Waals surface area contributed by atoms with Crippen LogP contribution in [-0.4, -0.2) is 27.7 Å². The van der Waals surface area contributed by atoms with Crippen LogP contribution in [0.1, 0.15) is 41.6 Å². The third-order valence-corrected chi connectivity index (χ3v) is 6.69. The van der Waals surface area contributed by atoms with Crippen LogP contribution in [0.5, 0.6) is 0 Å². The van der Waals surface area contributed by atoms with E-state index in [1.54, 1.807) is 42.5 Å². The lowest BCUT2D eigenvalue weighted by Gasteiger charge is -2.30. The van der Waals surface area contributed by atoms with Crippen LogP contribution in [0, 0.1) is 11.8 Å². The fraction of sp³-hybridized carbons (Fsp3) is 0.318. The monoisotopic (exact) mass is 464 g/mol. The van der Waals surface area contributed by atoms with Crippen LogP contribution < -0.4 is 0 Å². The van der Waals surface area contributed by atoms with Gasteiger partial charge in [-0.1, -0.05) is 53.7 Å². The normalized spacial score (nSPS) is 21.0. The summed E-state index contributed by atoms with van der Waals surface area (Å²) in [6.45, 7) is 0.00920. The number of rotatable bonds is 4. The Hall–Kier alpha value is -2.08. The maximum atomic E-state index is 13.4. The minimum Gasteiger partial charge on any atom is -0.272 e. The summed E-state index contributed by atoms with van der Waals surface area (Å²) in [4.78, 5) is 39.6. The molecule has 3 amide bonds. The Morgan fingerprint density at radius 2 is 1.50 bits per heavy atom. The fourth-order valence-electron chi connectivity index (χ4n) is 4.17. The van der Waals surface area contributed by atoms with Gasteiger partial charge in [-0.05, 0) is 54.8 Å². The Morgan fingerprint density at radius 3 is 2.07 bits per heavy atom. The zero-order valence-electron chi connectivity index (χ0n) is 16.0. The van der Waals surface area contributed by atoms with E-state index in [9.17, 15) is 14.4 Å². The Morgan fingerprint density at radius 1 is 0.900 bits per heavy atom. The van der Waals surface area contributed by atoms with E-state index in [1.165, 1.54) is 5.01 Å². The lowest BCUT2D eigenvalue weighted by atomic mass is 9.81. The van der Waals surface area contributed by atoms with Gasteiger partial charge >= 0.3 is 0 Å². The first-order valence-electron chi connectivity index (χ1n) is 9.76. The van der Waals surface area contributed by atoms with Crippen molar-refractivity contribution in [2.75, 3.05) is 0 Å². The lowest BCUT2D eigenvalue weighted by Crippen LogP contribution is -2.49. The van der Waals surface area contributed by atoms with Gasteiger partial charge in [-0.25, -0.2) is 5.01 Å². The van der Waals surface area contributed by atoms with E-state index in [1.807, 2.05) is 0 Å². The van der Waals surface area contributed by atoms with Gasteiger partial charge in [0.1, 0.15) is 0 Å². The van der Waals surface area contributed by atoms with E-state index in [-0.39, 0.29) is 30.2 Å². The molecule has 156 valence electrons. The van der Waals surface area contributed by atoms with Gasteiger partial charge in [-0.15, -0.1) is 0 Å². The Labute approximate surface area is 189 Å². The highest BCUT2D eigenvalue weighted by atomic mass is 35.5. The SMILES string of the molecule is O=C(c1ccc(Cl)cc1)N(Cc1ccc(Cl)c(Cl)c1)N1C(=O)[C@H]2CCCC[C@H]2C1=O. The van der Waals surface area contributed by atoms with E-state index >= 15 is 0 Å². The molecule has 30 heavy (non-hydrogen) atoms. The fourth-order valence-corrected chi connectivity index (χ4v) is 4.62. The molecule has 2 fully saturated rings. The summed E-state index contributed by atoms with van der Waals surface area (Å²) in [5, 5.41) is 3.46. The summed E-state index contributed by atoms with van der Waals surface area (Å²) >= 11 is 18.1. The Bertz CT molecular complexity index is 985. The van der Waals surface area contributed by atoms with Gasteiger partial charge in [0.2, 0.25) is 0 Å². The number of hydrogen-bond acceptors (Lipinski definition) is 3. The molecule has 0 aromatic heterocycles. The number of nitrogens with zero attached hydrogens (tertiary/aromatic N) is 2. The Kier molecular flexibility index (Phi) is 6.05. The molecule has 2 atom stereocenters. The molecule has 2 aromatic rings. The van der Waals surface area contributed by atoms with Crippen molar-refractivity contribution in [3.05, 3.63) is 68.7 Å². The number of carbonyl (C=O) groups is 3. The minimum atomic E-state index is -0.460. The number of imide groups is 1. The molecule has 1 saturated heterocycles. The number of amides is 3. The van der Waals surface area contributed by atoms with Crippen LogP contribution in [0.15, 0.2) is 42.5 Å². The number of benzene rings is 2. The number of hydrogen-bond donors (Lipinski definition) is 0. The zero-order chi connectivity index (χ0) is 21.4. The zero-order valence-corrected chi connectivity index (χ0v) is 18.3. The molecule has 0 bridgehead atoms. The van der Waals surface area contributed by atoms with Crippen LogP contribution in [-0.2, 0) is 16.1 Å². The van der Waals surface area contributed by atoms with Crippen LogP contribution in [0.4, 0.5) is 0 Å². The summed E-state index contributed by atoms with van der Waals surface area (Å²) in [6.07, 6.45) is 3.15. The highest BCUT2D eigenvalue weighted by Gasteiger charge is 2.51. The van der Waals surface area contributed by atoms with Gasteiger partial charge in [-0.2, -0.15) is 5.01 Å². The molecule has 1 aliphatic carbocycles. The van der Waals surface area contributed by atoms with E-state index in [0.29, 0.717) is 39.0 Å². The summed E-state index contributed by atoms with van der Waals surface area (Å²) in [5.74, 6) is -1.81. The quantitative estimate of drug-likeness (QED) is 0.570. The van der Waals surface area contributed by atoms with E-state index < -0.39 is 5.91 Å². The van der Waals surface area contributed by atoms with Gasteiger partial charge in [0.05, 0.1) is 28.4 Å². The second kappa shape index (κ2) is 8.58. The summed E-state index contributed by atoms with van der Waals surface area (Å²) in [6, 6.07) is 11.3. The van der Waals surface area contributed by atoms with Crippen molar-refractivity contribution in [2.45, 2.75) is 32.2 Å². The van der Waals surface area contributed by atoms with Gasteiger partial charge in [0, 0.05) is 10.6 Å². The standard InChI is InChI=1S/C22H19Cl3N2O3/c23-15-8-6-14(7-9-15)20(28)26(12-13-5-10-18(24)19(25)11-13)27-21(29)16-3-1-2-4-17(16)22(27)30/h5-11,16-17H,1-4,12H2/t16-,17+. The maximum Gasteiger partial charge on any atom is 0.273 e. The van der Waals surface area contributed by atoms with Gasteiger partial charge in [0.15, 0.2) is 0 Å². The molecule has 2 aromatic carbocycles. The van der Waals surface area contributed by atoms with Crippen molar-refractivity contribution in [1.82, 2.24) is 10.0 Å². The molecular weight excluding hydrogens is 447 g/mol. The van der Waals surface area contributed by atoms with Crippen molar-refractivity contribution < 1.29 is 14.4 Å².